The van der Waals surface area contributed by atoms with Crippen molar-refractivity contribution >= 4 is 52.2 Å². The number of nitrogens with one attached hydrogen (secondary N) is 2. The van der Waals surface area contributed by atoms with Crippen LogP contribution in [0.1, 0.15) is 27.3 Å². The lowest BCUT2D eigenvalue weighted by atomic mass is 10.1. The van der Waals surface area contributed by atoms with E-state index in [0.29, 0.717) is 23.2 Å². The van der Waals surface area contributed by atoms with Crippen LogP contribution in [0.2, 0.25) is 0 Å². The fourth-order valence-corrected chi connectivity index (χ4v) is 3.34. The van der Waals surface area contributed by atoms with Crippen LogP contribution in [0.4, 0.5) is 0 Å². The molecule has 0 bridgehead atoms. The number of halogens is 1. The first kappa shape index (κ1) is 19.6. The van der Waals surface area contributed by atoms with Gasteiger partial charge in [-0.1, -0.05) is 48.5 Å². The van der Waals surface area contributed by atoms with Gasteiger partial charge in [0.25, 0.3) is 0 Å². The number of carboxylic acid groups (broad SMARTS) is 1. The van der Waals surface area contributed by atoms with Gasteiger partial charge >= 0.3 is 5.97 Å². The van der Waals surface area contributed by atoms with Gasteiger partial charge < -0.3 is 15.4 Å². The average molecular weight is 394 g/mol. The van der Waals surface area contributed by atoms with Crippen LogP contribution in [0.15, 0.2) is 54.7 Å². The maximum atomic E-state index is 11.8. The third-order valence-corrected chi connectivity index (χ3v) is 4.58. The molecule has 0 saturated heterocycles. The molecule has 4 rings (SSSR count). The Morgan fingerprint density at radius 1 is 1.14 bits per heavy atom. The lowest BCUT2D eigenvalue weighted by Crippen LogP contribution is -2.09. The molecule has 142 valence electrons. The largest absolute Gasteiger partial charge is 0.478 e. The SMILES string of the molecule is CNCc1[nH]c2c(ccc3cnc(C=Cc4ccccc4)cc32)c1C(=O)O.Cl. The van der Waals surface area contributed by atoms with E-state index in [1.165, 1.54) is 0 Å². The molecule has 0 aliphatic carbocycles. The fourth-order valence-electron chi connectivity index (χ4n) is 3.34. The number of rotatable bonds is 5. The van der Waals surface area contributed by atoms with E-state index in [-0.39, 0.29) is 12.4 Å². The molecule has 5 nitrogen and oxygen atoms in total. The molecule has 2 aromatic carbocycles. The van der Waals surface area contributed by atoms with Gasteiger partial charge in [-0.05, 0) is 24.8 Å². The van der Waals surface area contributed by atoms with Crippen LogP contribution in [0.25, 0.3) is 33.8 Å². The van der Waals surface area contributed by atoms with Crippen LogP contribution in [0, 0.1) is 0 Å². The lowest BCUT2D eigenvalue weighted by molar-refractivity contribution is 0.0698. The normalized spacial score (nSPS) is 11.2. The van der Waals surface area contributed by atoms with Crippen LogP contribution in [0.3, 0.4) is 0 Å². The number of aromatic carboxylic acids is 1. The number of aromatic nitrogens is 2. The zero-order valence-corrected chi connectivity index (χ0v) is 16.1. The van der Waals surface area contributed by atoms with Crippen molar-refractivity contribution in [1.29, 1.82) is 0 Å². The summed E-state index contributed by atoms with van der Waals surface area (Å²) >= 11 is 0. The topological polar surface area (TPSA) is 78.0 Å². The molecular formula is C22H20ClN3O2. The van der Waals surface area contributed by atoms with Crippen molar-refractivity contribution in [3.05, 3.63) is 77.2 Å². The van der Waals surface area contributed by atoms with Gasteiger partial charge in [-0.2, -0.15) is 0 Å². The molecule has 0 amide bonds. The second kappa shape index (κ2) is 8.25. The first-order chi connectivity index (χ1) is 13.2. The monoisotopic (exact) mass is 393 g/mol. The molecule has 0 radical (unpaired) electrons. The summed E-state index contributed by atoms with van der Waals surface area (Å²) in [5, 5.41) is 15.3. The molecule has 0 fully saturated rings. The number of hydrogen-bond donors (Lipinski definition) is 3. The maximum absolute atomic E-state index is 11.8. The highest BCUT2D eigenvalue weighted by Gasteiger charge is 2.18. The Morgan fingerprint density at radius 2 is 1.93 bits per heavy atom. The number of aromatic amines is 1. The number of benzene rings is 2. The number of pyridine rings is 1. The van der Waals surface area contributed by atoms with Gasteiger partial charge in [0.1, 0.15) is 0 Å². The number of nitrogens with zero attached hydrogens (tertiary/aromatic N) is 1. The molecule has 0 unspecified atom stereocenters. The fraction of sp³-hybridized carbons (Fsp3) is 0.0909. The first-order valence-corrected chi connectivity index (χ1v) is 8.71. The number of carboxylic acids is 1. The predicted octanol–water partition coefficient (Wildman–Crippen LogP) is 4.73. The van der Waals surface area contributed by atoms with Crippen molar-refractivity contribution in [3.63, 3.8) is 0 Å². The van der Waals surface area contributed by atoms with Gasteiger partial charge in [0, 0.05) is 34.6 Å². The van der Waals surface area contributed by atoms with Gasteiger partial charge in [0.05, 0.1) is 16.8 Å². The average Bonchev–Trinajstić information content (AvgIpc) is 3.06. The molecule has 28 heavy (non-hydrogen) atoms. The van der Waals surface area contributed by atoms with Gasteiger partial charge in [0.15, 0.2) is 0 Å². The number of fused-ring (bicyclic) bond motifs is 3. The molecule has 0 spiro atoms. The van der Waals surface area contributed by atoms with Crippen molar-refractivity contribution in [2.75, 3.05) is 7.05 Å². The molecular weight excluding hydrogens is 374 g/mol. The molecule has 0 saturated carbocycles. The van der Waals surface area contributed by atoms with E-state index in [0.717, 1.165) is 27.5 Å². The molecule has 3 N–H and O–H groups in total. The third kappa shape index (κ3) is 3.63. The van der Waals surface area contributed by atoms with E-state index >= 15 is 0 Å². The summed E-state index contributed by atoms with van der Waals surface area (Å²) < 4.78 is 0. The van der Waals surface area contributed by atoms with Crippen LogP contribution in [0.5, 0.6) is 0 Å². The summed E-state index contributed by atoms with van der Waals surface area (Å²) in [6.07, 6.45) is 5.79. The summed E-state index contributed by atoms with van der Waals surface area (Å²) in [7, 11) is 1.80. The van der Waals surface area contributed by atoms with Crippen LogP contribution >= 0.6 is 12.4 Å². The Morgan fingerprint density at radius 3 is 2.64 bits per heavy atom. The van der Waals surface area contributed by atoms with Crippen molar-refractivity contribution in [3.8, 4) is 0 Å². The van der Waals surface area contributed by atoms with Crippen LogP contribution in [-0.4, -0.2) is 28.1 Å². The van der Waals surface area contributed by atoms with Gasteiger partial charge in [-0.15, -0.1) is 12.4 Å². The van der Waals surface area contributed by atoms with Crippen molar-refractivity contribution < 1.29 is 9.90 Å². The highest BCUT2D eigenvalue weighted by Crippen LogP contribution is 2.30. The van der Waals surface area contributed by atoms with Crippen molar-refractivity contribution in [1.82, 2.24) is 15.3 Å². The van der Waals surface area contributed by atoms with Crippen LogP contribution in [-0.2, 0) is 6.54 Å². The predicted molar refractivity (Wildman–Crippen MR) is 116 cm³/mol. The molecule has 2 heterocycles. The lowest BCUT2D eigenvalue weighted by Gasteiger charge is -2.02. The van der Waals surface area contributed by atoms with Crippen molar-refractivity contribution in [2.45, 2.75) is 6.54 Å². The Balaban J connectivity index is 0.00000225. The molecule has 6 heteroatoms. The Kier molecular flexibility index (Phi) is 5.78. The summed E-state index contributed by atoms with van der Waals surface area (Å²) in [6, 6.07) is 15.8. The number of hydrogen-bond acceptors (Lipinski definition) is 3. The van der Waals surface area contributed by atoms with Gasteiger partial charge in [-0.3, -0.25) is 4.98 Å². The summed E-state index contributed by atoms with van der Waals surface area (Å²) in [5.74, 6) is -0.927. The van der Waals surface area contributed by atoms with E-state index in [1.54, 1.807) is 7.05 Å². The van der Waals surface area contributed by atoms with E-state index in [9.17, 15) is 9.90 Å². The minimum absolute atomic E-state index is 0. The Hall–Kier alpha value is -3.15. The Labute approximate surface area is 168 Å². The molecule has 2 aromatic heterocycles. The maximum Gasteiger partial charge on any atom is 0.338 e. The summed E-state index contributed by atoms with van der Waals surface area (Å²) in [4.78, 5) is 19.6. The third-order valence-electron chi connectivity index (χ3n) is 4.58. The second-order valence-electron chi connectivity index (χ2n) is 6.38. The van der Waals surface area contributed by atoms with E-state index in [2.05, 4.69) is 15.3 Å². The van der Waals surface area contributed by atoms with E-state index < -0.39 is 5.97 Å². The smallest absolute Gasteiger partial charge is 0.338 e. The van der Waals surface area contributed by atoms with Crippen molar-refractivity contribution in [2.24, 2.45) is 0 Å². The zero-order valence-electron chi connectivity index (χ0n) is 15.3. The first-order valence-electron chi connectivity index (χ1n) is 8.71. The quantitative estimate of drug-likeness (QED) is 0.458. The van der Waals surface area contributed by atoms with Gasteiger partial charge in [0.2, 0.25) is 0 Å². The second-order valence-corrected chi connectivity index (χ2v) is 6.38. The molecule has 0 aliphatic heterocycles. The Bertz CT molecular complexity index is 1170. The van der Waals surface area contributed by atoms with Gasteiger partial charge in [-0.25, -0.2) is 4.79 Å². The van der Waals surface area contributed by atoms with Crippen LogP contribution < -0.4 is 5.32 Å². The summed E-state index contributed by atoms with van der Waals surface area (Å²) in [6.45, 7) is 0.462. The van der Waals surface area contributed by atoms with E-state index in [4.69, 9.17) is 0 Å². The molecule has 4 aromatic rings. The standard InChI is InChI=1S/C22H19N3O2.ClH/c1-23-13-19-20(22(26)27)17-10-8-15-12-24-16(11-18(15)21(17)25-19)9-7-14-5-3-2-4-6-14;/h2-12,23,25H,13H2,1H3,(H,26,27);1H. The minimum atomic E-state index is -0.927. The minimum Gasteiger partial charge on any atom is -0.478 e. The number of H-pyrrole nitrogens is 1. The molecule has 0 aliphatic rings. The van der Waals surface area contributed by atoms with E-state index in [1.807, 2.05) is 66.9 Å². The number of carbonyl (C=O) groups is 1. The summed E-state index contributed by atoms with van der Waals surface area (Å²) in [5.41, 5.74) is 3.74. The highest BCUT2D eigenvalue weighted by molar-refractivity contribution is 6.13. The highest BCUT2D eigenvalue weighted by atomic mass is 35.5. The molecule has 0 atom stereocenters. The zero-order chi connectivity index (χ0) is 18.8.